The van der Waals surface area contributed by atoms with Crippen LogP contribution in [0.25, 0.3) is 0 Å². The summed E-state index contributed by atoms with van der Waals surface area (Å²) >= 11 is 0. The lowest BCUT2D eigenvalue weighted by atomic mass is 10.2. The summed E-state index contributed by atoms with van der Waals surface area (Å²) in [5, 5.41) is 13.9. The van der Waals surface area contributed by atoms with Gasteiger partial charge in [-0.1, -0.05) is 20.3 Å². The topological polar surface area (TPSA) is 66.9 Å². The van der Waals surface area contributed by atoms with Crippen molar-refractivity contribution in [1.82, 2.24) is 15.5 Å². The SMILES string of the molecule is CCCNc1ccc(C(=O)NC(C)CCC)nn1. The van der Waals surface area contributed by atoms with Gasteiger partial charge in [0.2, 0.25) is 0 Å². The summed E-state index contributed by atoms with van der Waals surface area (Å²) in [7, 11) is 0. The molecule has 0 radical (unpaired) electrons. The highest BCUT2D eigenvalue weighted by Crippen LogP contribution is 2.03. The number of aromatic nitrogens is 2. The Labute approximate surface area is 108 Å². The third kappa shape index (κ3) is 4.69. The van der Waals surface area contributed by atoms with Gasteiger partial charge in [0.15, 0.2) is 5.69 Å². The van der Waals surface area contributed by atoms with Crippen molar-refractivity contribution < 1.29 is 4.79 Å². The third-order valence-corrected chi connectivity index (χ3v) is 2.55. The molecular weight excluding hydrogens is 228 g/mol. The van der Waals surface area contributed by atoms with Gasteiger partial charge >= 0.3 is 0 Å². The molecule has 5 nitrogen and oxygen atoms in total. The number of anilines is 1. The Balaban J connectivity index is 2.53. The highest BCUT2D eigenvalue weighted by atomic mass is 16.2. The molecule has 5 heteroatoms. The Morgan fingerprint density at radius 2 is 2.06 bits per heavy atom. The van der Waals surface area contributed by atoms with Crippen LogP contribution in [0.5, 0.6) is 0 Å². The molecule has 100 valence electrons. The maximum Gasteiger partial charge on any atom is 0.272 e. The van der Waals surface area contributed by atoms with Gasteiger partial charge in [0.05, 0.1) is 0 Å². The predicted octanol–water partition coefficient (Wildman–Crippen LogP) is 2.22. The first kappa shape index (κ1) is 14.4. The average Bonchev–Trinajstić information content (AvgIpc) is 2.37. The number of carbonyl (C=O) groups is 1. The van der Waals surface area contributed by atoms with Crippen molar-refractivity contribution in [2.24, 2.45) is 0 Å². The van der Waals surface area contributed by atoms with Gasteiger partial charge in [-0.25, -0.2) is 0 Å². The zero-order valence-electron chi connectivity index (χ0n) is 11.4. The van der Waals surface area contributed by atoms with Crippen LogP contribution in [0.3, 0.4) is 0 Å². The van der Waals surface area contributed by atoms with Gasteiger partial charge in [-0.15, -0.1) is 10.2 Å². The van der Waals surface area contributed by atoms with Crippen molar-refractivity contribution in [3.05, 3.63) is 17.8 Å². The summed E-state index contributed by atoms with van der Waals surface area (Å²) in [5.74, 6) is 0.542. The molecule has 1 heterocycles. The Kier molecular flexibility index (Phi) is 6.11. The molecule has 1 rings (SSSR count). The number of nitrogens with one attached hydrogen (secondary N) is 2. The van der Waals surface area contributed by atoms with E-state index in [4.69, 9.17) is 0 Å². The second-order valence-electron chi connectivity index (χ2n) is 4.39. The van der Waals surface area contributed by atoms with Crippen LogP contribution >= 0.6 is 0 Å². The van der Waals surface area contributed by atoms with Gasteiger partial charge in [0.25, 0.3) is 5.91 Å². The van der Waals surface area contributed by atoms with Crippen LogP contribution in [0.1, 0.15) is 50.5 Å². The lowest BCUT2D eigenvalue weighted by Crippen LogP contribution is -2.33. The molecule has 0 saturated heterocycles. The van der Waals surface area contributed by atoms with Crippen LogP contribution in [-0.2, 0) is 0 Å². The first-order chi connectivity index (χ1) is 8.67. The van der Waals surface area contributed by atoms with E-state index in [0.29, 0.717) is 11.5 Å². The molecule has 0 aliphatic rings. The van der Waals surface area contributed by atoms with Gasteiger partial charge in [-0.05, 0) is 31.9 Å². The van der Waals surface area contributed by atoms with Gasteiger partial charge in [-0.2, -0.15) is 0 Å². The molecule has 1 unspecified atom stereocenters. The minimum atomic E-state index is -0.162. The molecule has 1 aromatic rings. The molecule has 0 bridgehead atoms. The van der Waals surface area contributed by atoms with Crippen molar-refractivity contribution in [3.8, 4) is 0 Å². The van der Waals surface area contributed by atoms with Crippen molar-refractivity contribution in [2.45, 2.75) is 46.1 Å². The maximum absolute atomic E-state index is 11.8. The van der Waals surface area contributed by atoms with E-state index in [2.05, 4.69) is 34.7 Å². The smallest absolute Gasteiger partial charge is 0.272 e. The van der Waals surface area contributed by atoms with Gasteiger partial charge in [0, 0.05) is 12.6 Å². The largest absolute Gasteiger partial charge is 0.369 e. The fourth-order valence-corrected chi connectivity index (χ4v) is 1.60. The van der Waals surface area contributed by atoms with Crippen molar-refractivity contribution >= 4 is 11.7 Å². The second kappa shape index (κ2) is 7.63. The lowest BCUT2D eigenvalue weighted by Gasteiger charge is -2.12. The van der Waals surface area contributed by atoms with Gasteiger partial charge < -0.3 is 10.6 Å². The van der Waals surface area contributed by atoms with Crippen molar-refractivity contribution in [2.75, 3.05) is 11.9 Å². The summed E-state index contributed by atoms with van der Waals surface area (Å²) in [5.41, 5.74) is 0.361. The summed E-state index contributed by atoms with van der Waals surface area (Å²) < 4.78 is 0. The van der Waals surface area contributed by atoms with E-state index in [9.17, 15) is 4.79 Å². The second-order valence-corrected chi connectivity index (χ2v) is 4.39. The highest BCUT2D eigenvalue weighted by Gasteiger charge is 2.10. The minimum absolute atomic E-state index is 0.162. The molecule has 1 amide bonds. The normalized spacial score (nSPS) is 11.9. The van der Waals surface area contributed by atoms with Crippen molar-refractivity contribution in [3.63, 3.8) is 0 Å². The Bertz CT molecular complexity index is 364. The molecule has 0 aliphatic heterocycles. The van der Waals surface area contributed by atoms with Gasteiger partial charge in [-0.3, -0.25) is 4.79 Å². The van der Waals surface area contributed by atoms with E-state index in [1.54, 1.807) is 12.1 Å². The number of carbonyl (C=O) groups excluding carboxylic acids is 1. The van der Waals surface area contributed by atoms with E-state index < -0.39 is 0 Å². The number of nitrogens with zero attached hydrogens (tertiary/aromatic N) is 2. The maximum atomic E-state index is 11.8. The van der Waals surface area contributed by atoms with E-state index in [0.717, 1.165) is 25.8 Å². The molecule has 0 fully saturated rings. The van der Waals surface area contributed by atoms with Gasteiger partial charge in [0.1, 0.15) is 5.82 Å². The number of hydrogen-bond donors (Lipinski definition) is 2. The van der Waals surface area contributed by atoms with Crippen LogP contribution in [-0.4, -0.2) is 28.7 Å². The fraction of sp³-hybridized carbons (Fsp3) is 0.615. The monoisotopic (exact) mass is 250 g/mol. The van der Waals surface area contributed by atoms with Crippen LogP contribution in [0.15, 0.2) is 12.1 Å². The standard InChI is InChI=1S/C13H22N4O/c1-4-6-10(3)15-13(18)11-7-8-12(17-16-11)14-9-5-2/h7-8,10H,4-6,9H2,1-3H3,(H,14,17)(H,15,18). The molecule has 2 N–H and O–H groups in total. The third-order valence-electron chi connectivity index (χ3n) is 2.55. The Morgan fingerprint density at radius 1 is 1.28 bits per heavy atom. The number of rotatable bonds is 7. The number of amides is 1. The van der Waals surface area contributed by atoms with Crippen LogP contribution < -0.4 is 10.6 Å². The quantitative estimate of drug-likeness (QED) is 0.778. The van der Waals surface area contributed by atoms with Crippen LogP contribution in [0.2, 0.25) is 0 Å². The van der Waals surface area contributed by atoms with E-state index >= 15 is 0 Å². The van der Waals surface area contributed by atoms with Crippen molar-refractivity contribution in [1.29, 1.82) is 0 Å². The van der Waals surface area contributed by atoms with Crippen LogP contribution in [0, 0.1) is 0 Å². The Hall–Kier alpha value is -1.65. The Morgan fingerprint density at radius 3 is 2.61 bits per heavy atom. The highest BCUT2D eigenvalue weighted by molar-refractivity contribution is 5.92. The predicted molar refractivity (Wildman–Crippen MR) is 72.6 cm³/mol. The molecule has 0 aromatic carbocycles. The summed E-state index contributed by atoms with van der Waals surface area (Å²) in [4.78, 5) is 11.8. The summed E-state index contributed by atoms with van der Waals surface area (Å²) in [6.07, 6.45) is 3.04. The minimum Gasteiger partial charge on any atom is -0.369 e. The fourth-order valence-electron chi connectivity index (χ4n) is 1.60. The zero-order chi connectivity index (χ0) is 13.4. The van der Waals surface area contributed by atoms with Crippen LogP contribution in [0.4, 0.5) is 5.82 Å². The molecule has 1 aromatic heterocycles. The molecule has 18 heavy (non-hydrogen) atoms. The molecular formula is C13H22N4O. The van der Waals surface area contributed by atoms with E-state index in [-0.39, 0.29) is 11.9 Å². The molecule has 0 spiro atoms. The zero-order valence-corrected chi connectivity index (χ0v) is 11.4. The summed E-state index contributed by atoms with van der Waals surface area (Å²) in [6, 6.07) is 3.64. The first-order valence-corrected chi connectivity index (χ1v) is 6.55. The van der Waals surface area contributed by atoms with E-state index in [1.807, 2.05) is 6.92 Å². The molecule has 0 saturated carbocycles. The van der Waals surface area contributed by atoms with E-state index in [1.165, 1.54) is 0 Å². The lowest BCUT2D eigenvalue weighted by molar-refractivity contribution is 0.0932. The first-order valence-electron chi connectivity index (χ1n) is 6.55. The molecule has 1 atom stereocenters. The average molecular weight is 250 g/mol. The molecule has 0 aliphatic carbocycles. The number of hydrogen-bond acceptors (Lipinski definition) is 4. The summed E-state index contributed by atoms with van der Waals surface area (Å²) in [6.45, 7) is 7.02.